The van der Waals surface area contributed by atoms with Gasteiger partial charge in [0.1, 0.15) is 0 Å². The highest BCUT2D eigenvalue weighted by atomic mass is 32.2. The third-order valence-electron chi connectivity index (χ3n) is 1.78. The predicted molar refractivity (Wildman–Crippen MR) is 49.0 cm³/mol. The van der Waals surface area contributed by atoms with Crippen molar-refractivity contribution < 1.29 is 32.8 Å². The van der Waals surface area contributed by atoms with Crippen LogP contribution in [-0.2, 0) is 19.7 Å². The summed E-state index contributed by atoms with van der Waals surface area (Å²) in [5, 5.41) is 16.9. The van der Waals surface area contributed by atoms with Gasteiger partial charge in [0.15, 0.2) is 0 Å². The summed E-state index contributed by atoms with van der Waals surface area (Å²) in [6, 6.07) is 0. The molecular weight excluding hydrogens is 228 g/mol. The topological polar surface area (TPSA) is 129 Å². The molecule has 0 saturated carbocycles. The average molecular weight is 240 g/mol. The van der Waals surface area contributed by atoms with E-state index in [-0.39, 0.29) is 19.3 Å². The van der Waals surface area contributed by atoms with Gasteiger partial charge in [-0.05, 0) is 12.8 Å². The molecule has 0 aliphatic heterocycles. The fourth-order valence-electron chi connectivity index (χ4n) is 0.980. The van der Waals surface area contributed by atoms with Crippen LogP contribution in [0.25, 0.3) is 0 Å². The highest BCUT2D eigenvalue weighted by Gasteiger charge is 2.20. The normalized spacial score (nSPS) is 13.4. The second-order valence-electron chi connectivity index (χ2n) is 3.04. The molecule has 0 aliphatic rings. The minimum atomic E-state index is -4.20. The second kappa shape index (κ2) is 5.66. The molecule has 88 valence electrons. The SMILES string of the molecule is O=C(O)CCC(CCS(=O)(=O)O)C(=O)O. The molecule has 0 rings (SSSR count). The maximum absolute atomic E-state index is 10.6. The molecule has 0 bridgehead atoms. The van der Waals surface area contributed by atoms with E-state index >= 15 is 0 Å². The van der Waals surface area contributed by atoms with Crippen molar-refractivity contribution in [3.05, 3.63) is 0 Å². The van der Waals surface area contributed by atoms with Gasteiger partial charge in [-0.2, -0.15) is 8.42 Å². The van der Waals surface area contributed by atoms with Gasteiger partial charge in [-0.3, -0.25) is 14.1 Å². The molecular formula is C7H12O7S. The second-order valence-corrected chi connectivity index (χ2v) is 4.61. The maximum Gasteiger partial charge on any atom is 0.306 e. The van der Waals surface area contributed by atoms with Gasteiger partial charge in [-0.25, -0.2) is 0 Å². The van der Waals surface area contributed by atoms with Crippen LogP contribution in [0.1, 0.15) is 19.3 Å². The largest absolute Gasteiger partial charge is 0.481 e. The van der Waals surface area contributed by atoms with Crippen LogP contribution in [0.2, 0.25) is 0 Å². The lowest BCUT2D eigenvalue weighted by atomic mass is 10.0. The zero-order chi connectivity index (χ0) is 12.1. The summed E-state index contributed by atoms with van der Waals surface area (Å²) in [4.78, 5) is 20.7. The Morgan fingerprint density at radius 1 is 1.13 bits per heavy atom. The molecule has 0 radical (unpaired) electrons. The number of carboxylic acids is 2. The van der Waals surface area contributed by atoms with Crippen molar-refractivity contribution >= 4 is 22.1 Å². The van der Waals surface area contributed by atoms with Gasteiger partial charge in [-0.15, -0.1) is 0 Å². The number of aliphatic carboxylic acids is 2. The first-order chi connectivity index (χ1) is 6.72. The summed E-state index contributed by atoms with van der Waals surface area (Å²) in [6.07, 6.45) is -0.788. The molecule has 15 heavy (non-hydrogen) atoms. The van der Waals surface area contributed by atoms with Crippen LogP contribution in [0, 0.1) is 5.92 Å². The fraction of sp³-hybridized carbons (Fsp3) is 0.714. The average Bonchev–Trinajstić information content (AvgIpc) is 2.00. The number of hydrogen-bond donors (Lipinski definition) is 3. The zero-order valence-corrected chi connectivity index (χ0v) is 8.61. The number of carboxylic acid groups (broad SMARTS) is 2. The zero-order valence-electron chi connectivity index (χ0n) is 7.79. The molecule has 0 aromatic heterocycles. The molecule has 0 fully saturated rings. The number of hydrogen-bond acceptors (Lipinski definition) is 4. The van der Waals surface area contributed by atoms with E-state index < -0.39 is 33.7 Å². The summed E-state index contributed by atoms with van der Waals surface area (Å²) < 4.78 is 29.1. The molecule has 0 aromatic carbocycles. The predicted octanol–water partition coefficient (Wildman–Crippen LogP) is -0.170. The van der Waals surface area contributed by atoms with Crippen LogP contribution < -0.4 is 0 Å². The summed E-state index contributed by atoms with van der Waals surface area (Å²) in [7, 11) is -4.20. The molecule has 1 atom stereocenters. The van der Waals surface area contributed by atoms with Crippen LogP contribution in [0.15, 0.2) is 0 Å². The summed E-state index contributed by atoms with van der Waals surface area (Å²) >= 11 is 0. The molecule has 0 aliphatic carbocycles. The van der Waals surface area contributed by atoms with Gasteiger partial charge in [0.2, 0.25) is 0 Å². The first-order valence-corrected chi connectivity index (χ1v) is 5.73. The molecule has 0 amide bonds. The van der Waals surface area contributed by atoms with Crippen molar-refractivity contribution in [2.24, 2.45) is 5.92 Å². The van der Waals surface area contributed by atoms with Crippen LogP contribution in [-0.4, -0.2) is 40.9 Å². The van der Waals surface area contributed by atoms with Crippen molar-refractivity contribution in [3.8, 4) is 0 Å². The summed E-state index contributed by atoms with van der Waals surface area (Å²) in [5.41, 5.74) is 0. The Morgan fingerprint density at radius 3 is 2.00 bits per heavy atom. The summed E-state index contributed by atoms with van der Waals surface area (Å²) in [5.74, 6) is -4.15. The van der Waals surface area contributed by atoms with Gasteiger partial charge in [0.25, 0.3) is 10.1 Å². The van der Waals surface area contributed by atoms with E-state index in [0.717, 1.165) is 0 Å². The van der Waals surface area contributed by atoms with E-state index in [1.54, 1.807) is 0 Å². The van der Waals surface area contributed by atoms with Crippen molar-refractivity contribution in [1.29, 1.82) is 0 Å². The first-order valence-electron chi connectivity index (χ1n) is 4.12. The van der Waals surface area contributed by atoms with E-state index in [1.807, 2.05) is 0 Å². The van der Waals surface area contributed by atoms with Crippen LogP contribution in [0.4, 0.5) is 0 Å². The summed E-state index contributed by atoms with van der Waals surface area (Å²) in [6.45, 7) is 0. The Morgan fingerprint density at radius 2 is 1.67 bits per heavy atom. The maximum atomic E-state index is 10.6. The molecule has 0 spiro atoms. The highest BCUT2D eigenvalue weighted by Crippen LogP contribution is 2.12. The Balaban J connectivity index is 4.17. The Bertz CT molecular complexity index is 331. The first kappa shape index (κ1) is 13.8. The Labute approximate surface area is 86.5 Å². The molecule has 8 heteroatoms. The van der Waals surface area contributed by atoms with Crippen molar-refractivity contribution in [1.82, 2.24) is 0 Å². The molecule has 0 saturated heterocycles. The monoisotopic (exact) mass is 240 g/mol. The smallest absolute Gasteiger partial charge is 0.306 e. The Kier molecular flexibility index (Phi) is 5.23. The lowest BCUT2D eigenvalue weighted by Crippen LogP contribution is -2.19. The lowest BCUT2D eigenvalue weighted by Gasteiger charge is -2.09. The van der Waals surface area contributed by atoms with E-state index in [2.05, 4.69) is 0 Å². The van der Waals surface area contributed by atoms with Crippen LogP contribution in [0.5, 0.6) is 0 Å². The van der Waals surface area contributed by atoms with E-state index in [4.69, 9.17) is 14.8 Å². The van der Waals surface area contributed by atoms with Crippen LogP contribution in [0.3, 0.4) is 0 Å². The molecule has 1 unspecified atom stereocenters. The van der Waals surface area contributed by atoms with Crippen molar-refractivity contribution in [2.45, 2.75) is 19.3 Å². The van der Waals surface area contributed by atoms with Crippen molar-refractivity contribution in [3.63, 3.8) is 0 Å². The van der Waals surface area contributed by atoms with E-state index in [9.17, 15) is 18.0 Å². The minimum Gasteiger partial charge on any atom is -0.481 e. The molecule has 0 aromatic rings. The van der Waals surface area contributed by atoms with E-state index in [1.165, 1.54) is 0 Å². The van der Waals surface area contributed by atoms with Crippen LogP contribution >= 0.6 is 0 Å². The van der Waals surface area contributed by atoms with Gasteiger partial charge in [0, 0.05) is 6.42 Å². The quantitative estimate of drug-likeness (QED) is 0.527. The van der Waals surface area contributed by atoms with Gasteiger partial charge < -0.3 is 10.2 Å². The van der Waals surface area contributed by atoms with Gasteiger partial charge in [0.05, 0.1) is 11.7 Å². The number of rotatable bonds is 7. The number of carbonyl (C=O) groups is 2. The Hall–Kier alpha value is -1.15. The minimum absolute atomic E-state index is 0.153. The van der Waals surface area contributed by atoms with E-state index in [0.29, 0.717) is 0 Å². The van der Waals surface area contributed by atoms with Crippen molar-refractivity contribution in [2.75, 3.05) is 5.75 Å². The lowest BCUT2D eigenvalue weighted by molar-refractivity contribution is -0.143. The third kappa shape index (κ3) is 7.89. The van der Waals surface area contributed by atoms with Gasteiger partial charge in [-0.1, -0.05) is 0 Å². The molecule has 3 N–H and O–H groups in total. The molecule has 7 nitrogen and oxygen atoms in total. The fourth-order valence-corrected chi connectivity index (χ4v) is 1.56. The third-order valence-corrected chi connectivity index (χ3v) is 2.53. The highest BCUT2D eigenvalue weighted by molar-refractivity contribution is 7.85. The standard InChI is InChI=1S/C7H12O7S/c8-6(9)2-1-5(7(10)11)3-4-15(12,13)14/h5H,1-4H2,(H,8,9)(H,10,11)(H,12,13,14). The molecule has 0 heterocycles. The van der Waals surface area contributed by atoms with Gasteiger partial charge >= 0.3 is 11.9 Å².